The second-order valence-corrected chi connectivity index (χ2v) is 27.7. The molecule has 10 aromatic carbocycles. The quantitative estimate of drug-likeness (QED) is 0.110. The monoisotopic (exact) mass is 1230 g/mol. The van der Waals surface area contributed by atoms with E-state index in [2.05, 4.69) is 238 Å². The van der Waals surface area contributed by atoms with Gasteiger partial charge < -0.3 is 27.9 Å². The third-order valence-corrected chi connectivity index (χ3v) is 20.0. The van der Waals surface area contributed by atoms with Gasteiger partial charge in [0.1, 0.15) is 0 Å². The van der Waals surface area contributed by atoms with E-state index in [-0.39, 0.29) is 33.6 Å². The predicted octanol–water partition coefficient (Wildman–Crippen LogP) is 20.0. The van der Waals surface area contributed by atoms with E-state index in [1.54, 1.807) is 0 Å². The molecule has 458 valence electrons. The number of pyridine rings is 2. The van der Waals surface area contributed by atoms with Crippen LogP contribution in [0.2, 0.25) is 5.02 Å². The van der Waals surface area contributed by atoms with E-state index in [1.807, 2.05) is 98.4 Å². The molecule has 0 spiro atoms. The van der Waals surface area contributed by atoms with E-state index >= 15 is 0 Å². The maximum Gasteiger partial charge on any atom is 0.494 e. The van der Waals surface area contributed by atoms with Crippen molar-refractivity contribution in [3.8, 4) is 66.8 Å². The van der Waals surface area contributed by atoms with Crippen LogP contribution < -0.4 is 5.46 Å². The first-order valence-corrected chi connectivity index (χ1v) is 32.2. The molecule has 12 heteroatoms. The molecule has 92 heavy (non-hydrogen) atoms. The normalized spacial score (nSPS) is 17.4. The highest BCUT2D eigenvalue weighted by atomic mass is 35.5. The van der Waals surface area contributed by atoms with Gasteiger partial charge in [0.25, 0.3) is 0 Å². The van der Waals surface area contributed by atoms with Crippen LogP contribution in [0.25, 0.3) is 110 Å². The summed E-state index contributed by atoms with van der Waals surface area (Å²) in [6, 6.07) is 77.5. The molecule has 8 nitrogen and oxygen atoms in total. The molecule has 3 saturated heterocycles. The molecular formula is C80H76B3ClN2O6. The molecule has 0 radical (unpaired) electrons. The Labute approximate surface area is 547 Å². The molecular weight excluding hydrogens is 1150 g/mol. The van der Waals surface area contributed by atoms with Crippen molar-refractivity contribution in [1.29, 1.82) is 0 Å². The molecule has 5 heterocycles. The fraction of sp³-hybridized carbons (Fsp3) is 0.225. The third-order valence-electron chi connectivity index (χ3n) is 19.8. The van der Waals surface area contributed by atoms with Gasteiger partial charge in [0.15, 0.2) is 0 Å². The van der Waals surface area contributed by atoms with E-state index in [0.29, 0.717) is 0 Å². The lowest BCUT2D eigenvalue weighted by atomic mass is 9.49. The van der Waals surface area contributed by atoms with Gasteiger partial charge >= 0.3 is 21.1 Å². The van der Waals surface area contributed by atoms with Crippen molar-refractivity contribution >= 4 is 81.3 Å². The first-order chi connectivity index (χ1) is 44.0. The van der Waals surface area contributed by atoms with Crippen molar-refractivity contribution in [2.45, 2.75) is 117 Å². The zero-order chi connectivity index (χ0) is 64.4. The number of rotatable bonds is 8. The predicted molar refractivity (Wildman–Crippen MR) is 384 cm³/mol. The lowest BCUT2D eigenvalue weighted by Crippen LogP contribution is -2.41. The number of aromatic nitrogens is 2. The summed E-state index contributed by atoms with van der Waals surface area (Å²) in [5.74, 6) is 0. The summed E-state index contributed by atoms with van der Waals surface area (Å²) in [4.78, 5) is 8.50. The van der Waals surface area contributed by atoms with Crippen LogP contribution >= 0.6 is 11.6 Å². The van der Waals surface area contributed by atoms with Crippen LogP contribution in [0.15, 0.2) is 243 Å². The van der Waals surface area contributed by atoms with Crippen LogP contribution in [-0.4, -0.2) is 64.7 Å². The summed E-state index contributed by atoms with van der Waals surface area (Å²) in [5.41, 5.74) is 13.1. The van der Waals surface area contributed by atoms with Crippen molar-refractivity contribution in [2.75, 3.05) is 0 Å². The van der Waals surface area contributed by atoms with E-state index in [9.17, 15) is 0 Å². The van der Waals surface area contributed by atoms with E-state index in [0.717, 1.165) is 32.7 Å². The number of hydrogen-bond donors (Lipinski definition) is 0. The van der Waals surface area contributed by atoms with Gasteiger partial charge in [0.05, 0.1) is 33.6 Å². The molecule has 0 saturated carbocycles. The summed E-state index contributed by atoms with van der Waals surface area (Å²) >= 11 is 6.28. The molecule has 0 bridgehead atoms. The smallest absolute Gasteiger partial charge is 0.405 e. The molecule has 2 aromatic heterocycles. The Hall–Kier alpha value is -8.22. The van der Waals surface area contributed by atoms with Gasteiger partial charge in [-0.2, -0.15) is 0 Å². The Bertz CT molecular complexity index is 4530. The number of hydrogen-bond acceptors (Lipinski definition) is 8. The van der Waals surface area contributed by atoms with Crippen molar-refractivity contribution in [1.82, 2.24) is 9.97 Å². The van der Waals surface area contributed by atoms with Crippen LogP contribution in [0.5, 0.6) is 0 Å². The Morgan fingerprint density at radius 2 is 0.522 bits per heavy atom. The SMILES string of the molecule is CC1(C)OB(B2OC(C)(C)C(C)(C)O2)OC1(C)C.CC1(C)OB(c2cccc(-c3cccc(-c4c5ccccc5c(-c5ccncc5)c5ccccc45)c3)c2)OC1(C)C.Clc1cccc(-c2cccc(-c3c4ccccc4c(-c4ccncc4)c4ccccc34)c2)c1. The molecule has 3 fully saturated rings. The molecule has 15 rings (SSSR count). The third kappa shape index (κ3) is 11.8. The average Bonchev–Trinajstić information content (AvgIpc) is 1.21. The molecule has 3 aliphatic heterocycles. The summed E-state index contributed by atoms with van der Waals surface area (Å²) < 4.78 is 36.6. The zero-order valence-electron chi connectivity index (χ0n) is 54.5. The highest BCUT2D eigenvalue weighted by Gasteiger charge is 2.64. The Morgan fingerprint density at radius 3 is 0.848 bits per heavy atom. The summed E-state index contributed by atoms with van der Waals surface area (Å²) in [7, 11) is -1.34. The lowest BCUT2D eigenvalue weighted by molar-refractivity contribution is 0.00578. The maximum atomic E-state index is 6.35. The van der Waals surface area contributed by atoms with Crippen molar-refractivity contribution < 1.29 is 27.9 Å². The van der Waals surface area contributed by atoms with E-state index < -0.39 is 21.1 Å². The summed E-state index contributed by atoms with van der Waals surface area (Å²) in [6.45, 7) is 24.6. The Kier molecular flexibility index (Phi) is 16.6. The van der Waals surface area contributed by atoms with Gasteiger partial charge in [0.2, 0.25) is 0 Å². The van der Waals surface area contributed by atoms with Gasteiger partial charge in [0, 0.05) is 29.8 Å². The minimum atomic E-state index is -0.476. The second kappa shape index (κ2) is 24.4. The maximum absolute atomic E-state index is 6.35. The fourth-order valence-corrected chi connectivity index (χ4v) is 12.9. The summed E-state index contributed by atoms with van der Waals surface area (Å²) in [6.07, 6.45) is 7.46. The van der Waals surface area contributed by atoms with E-state index in [1.165, 1.54) is 87.6 Å². The topological polar surface area (TPSA) is 81.2 Å². The van der Waals surface area contributed by atoms with Gasteiger partial charge in [-0.05, 0) is 247 Å². The lowest BCUT2D eigenvalue weighted by Gasteiger charge is -2.32. The number of halogens is 1. The van der Waals surface area contributed by atoms with Gasteiger partial charge in [-0.15, -0.1) is 0 Å². The van der Waals surface area contributed by atoms with Gasteiger partial charge in [-0.1, -0.05) is 181 Å². The van der Waals surface area contributed by atoms with Gasteiger partial charge in [-0.3, -0.25) is 9.97 Å². The van der Waals surface area contributed by atoms with E-state index in [4.69, 9.17) is 39.5 Å². The van der Waals surface area contributed by atoms with Crippen molar-refractivity contribution in [3.63, 3.8) is 0 Å². The minimum Gasteiger partial charge on any atom is -0.405 e. The largest absolute Gasteiger partial charge is 0.494 e. The molecule has 12 aromatic rings. The first-order valence-electron chi connectivity index (χ1n) is 31.8. The van der Waals surface area contributed by atoms with Crippen LogP contribution in [0.4, 0.5) is 0 Å². The second-order valence-electron chi connectivity index (χ2n) is 27.3. The van der Waals surface area contributed by atoms with Crippen LogP contribution in [-0.2, 0) is 27.9 Å². The fourth-order valence-electron chi connectivity index (χ4n) is 12.8. The molecule has 0 aliphatic carbocycles. The highest BCUT2D eigenvalue weighted by molar-refractivity contribution is 7.11. The molecule has 0 N–H and O–H groups in total. The van der Waals surface area contributed by atoms with Crippen LogP contribution in [0, 0.1) is 0 Å². The molecule has 3 aliphatic rings. The minimum absolute atomic E-state index is 0.360. The standard InChI is InChI=1S/C37H32BNO2.C31H20ClN.C12H24B2O4/c1-36(2)37(3,4)41-38(40-36)29-14-10-12-27(24-29)26-11-9-13-28(23-26)35-32-17-7-5-15-30(32)34(25-19-21-39-22-20-25)31-16-6-8-18-33(31)35;32-25-10-6-8-23(20-25)22-7-5-9-24(19-22)31-28-13-3-1-11-26(28)30(21-15-17-33-18-16-21)27-12-2-4-14-29(27)31;1-9(2)10(3,4)16-13(15-9)14-17-11(5,6)12(7,8)18-14/h5-24H,1-4H3;1-20H;1-8H3. The van der Waals surface area contributed by atoms with Crippen molar-refractivity contribution in [3.05, 3.63) is 248 Å². The van der Waals surface area contributed by atoms with Crippen molar-refractivity contribution in [2.24, 2.45) is 0 Å². The number of benzene rings is 10. The summed E-state index contributed by atoms with van der Waals surface area (Å²) in [5, 5.41) is 10.7. The first kappa shape index (κ1) is 62.6. The highest BCUT2D eigenvalue weighted by Crippen LogP contribution is 2.48. The Morgan fingerprint density at radius 1 is 0.261 bits per heavy atom. The van der Waals surface area contributed by atoms with Crippen LogP contribution in [0.1, 0.15) is 83.1 Å². The zero-order valence-corrected chi connectivity index (χ0v) is 55.3. The molecule has 0 atom stereocenters. The van der Waals surface area contributed by atoms with Gasteiger partial charge in [-0.25, -0.2) is 0 Å². The Balaban J connectivity index is 0.000000135. The molecule has 0 amide bonds. The molecule has 0 unspecified atom stereocenters. The number of nitrogens with zero attached hydrogens (tertiary/aromatic N) is 2. The van der Waals surface area contributed by atoms with Crippen LogP contribution in [0.3, 0.4) is 0 Å². The number of fused-ring (bicyclic) bond motifs is 4. The average molecular weight is 1230 g/mol.